The van der Waals surface area contributed by atoms with Crippen molar-refractivity contribution in [3.8, 4) is 0 Å². The van der Waals surface area contributed by atoms with E-state index in [0.29, 0.717) is 17.4 Å². The molecule has 0 fully saturated rings. The van der Waals surface area contributed by atoms with Gasteiger partial charge in [-0.25, -0.2) is 0 Å². The second kappa shape index (κ2) is 49.5. The molecule has 404 valence electrons. The summed E-state index contributed by atoms with van der Waals surface area (Å²) < 4.78 is 30.2. The SMILES string of the molecule is CCCCCCCC/C=C\C/C=C/CCC(=O)NC(COP(=O)([O-])OCC[N+](C)(C)C)C(/C=C/CCCCCCCCCCCCC)OC(=O)CCCCCCCCC/C=C/CCCCCCCC. The van der Waals surface area contributed by atoms with E-state index in [0.717, 1.165) is 64.2 Å². The highest BCUT2D eigenvalue weighted by Gasteiger charge is 2.27. The van der Waals surface area contributed by atoms with Gasteiger partial charge in [0.2, 0.25) is 5.91 Å². The van der Waals surface area contributed by atoms with E-state index in [2.05, 4.69) is 56.5 Å². The molecule has 0 aromatic heterocycles. The first-order chi connectivity index (χ1) is 33.4. The molecule has 0 heterocycles. The van der Waals surface area contributed by atoms with Crippen molar-refractivity contribution in [3.05, 3.63) is 48.6 Å². The van der Waals surface area contributed by atoms with Crippen LogP contribution in [0.15, 0.2) is 48.6 Å². The van der Waals surface area contributed by atoms with Crippen molar-refractivity contribution in [2.24, 2.45) is 0 Å². The number of hydrogen-bond donors (Lipinski definition) is 1. The third kappa shape index (κ3) is 50.7. The first-order valence-electron chi connectivity index (χ1n) is 28.9. The van der Waals surface area contributed by atoms with Crippen molar-refractivity contribution in [3.63, 3.8) is 0 Å². The quantitative estimate of drug-likeness (QED) is 0.0212. The van der Waals surface area contributed by atoms with Gasteiger partial charge in [0.25, 0.3) is 7.82 Å². The highest BCUT2D eigenvalue weighted by molar-refractivity contribution is 7.45. The number of rotatable bonds is 52. The van der Waals surface area contributed by atoms with E-state index in [1.807, 2.05) is 39.4 Å². The summed E-state index contributed by atoms with van der Waals surface area (Å²) in [6.45, 7) is 6.79. The number of carbonyl (C=O) groups excluding carboxylic acids is 2. The summed E-state index contributed by atoms with van der Waals surface area (Å²) in [5.74, 6) is -0.620. The summed E-state index contributed by atoms with van der Waals surface area (Å²) in [4.78, 5) is 39.8. The molecule has 69 heavy (non-hydrogen) atoms. The van der Waals surface area contributed by atoms with Gasteiger partial charge in [-0.15, -0.1) is 0 Å². The van der Waals surface area contributed by atoms with Gasteiger partial charge in [-0.2, -0.15) is 0 Å². The molecular weight excluding hydrogens is 880 g/mol. The molecule has 3 atom stereocenters. The highest BCUT2D eigenvalue weighted by Crippen LogP contribution is 2.38. The standard InChI is InChI=1S/C59H111N2O7P/c1-7-10-13-16-19-22-25-28-29-30-31-34-37-40-43-46-49-52-59(63)68-57(50-47-44-41-38-35-32-26-23-20-17-14-11-8-2)56(55-67-69(64,65)66-54-53-61(4,5)6)60-58(62)51-48-45-42-39-36-33-27-24-21-18-15-12-9-3/h28-29,33,36,42,45,47,50,56-57H,7-27,30-32,34-35,37-41,43-44,46,48-49,51-55H2,1-6H3,(H-,60,62,64,65)/b29-28+,36-33-,45-42+,50-47+. The first-order valence-corrected chi connectivity index (χ1v) is 30.4. The van der Waals surface area contributed by atoms with Crippen LogP contribution in [-0.4, -0.2) is 69.4 Å². The fourth-order valence-electron chi connectivity index (χ4n) is 8.21. The number of nitrogens with zero attached hydrogens (tertiary/aromatic N) is 1. The number of likely N-dealkylation sites (N-methyl/N-ethyl adjacent to an activating group) is 1. The molecular formula is C59H111N2O7P. The van der Waals surface area contributed by atoms with E-state index in [1.54, 1.807) is 0 Å². The maximum atomic E-state index is 13.4. The van der Waals surface area contributed by atoms with Crippen LogP contribution in [0.25, 0.3) is 0 Å². The summed E-state index contributed by atoms with van der Waals surface area (Å²) in [6.07, 6.45) is 59.5. The molecule has 0 aliphatic heterocycles. The van der Waals surface area contributed by atoms with Crippen LogP contribution in [0.1, 0.15) is 265 Å². The molecule has 0 saturated carbocycles. The minimum atomic E-state index is -4.71. The number of esters is 1. The lowest BCUT2D eigenvalue weighted by Crippen LogP contribution is -2.47. The summed E-state index contributed by atoms with van der Waals surface area (Å²) in [5, 5.41) is 2.98. The Hall–Kier alpha value is -2.03. The van der Waals surface area contributed by atoms with Crippen LogP contribution in [0.2, 0.25) is 0 Å². The molecule has 0 aliphatic carbocycles. The zero-order chi connectivity index (χ0) is 50.8. The molecule has 3 unspecified atom stereocenters. The van der Waals surface area contributed by atoms with Crippen LogP contribution in [0, 0.1) is 0 Å². The highest BCUT2D eigenvalue weighted by atomic mass is 31.2. The predicted octanol–water partition coefficient (Wildman–Crippen LogP) is 16.7. The van der Waals surface area contributed by atoms with Gasteiger partial charge >= 0.3 is 5.97 Å². The topological polar surface area (TPSA) is 114 Å². The first kappa shape index (κ1) is 67.0. The molecule has 0 aromatic rings. The van der Waals surface area contributed by atoms with Gasteiger partial charge in [-0.1, -0.05) is 224 Å². The summed E-state index contributed by atoms with van der Waals surface area (Å²) in [7, 11) is 1.15. The van der Waals surface area contributed by atoms with Crippen LogP contribution in [0.5, 0.6) is 0 Å². The van der Waals surface area contributed by atoms with Gasteiger partial charge in [0.05, 0.1) is 33.8 Å². The number of amides is 1. The fraction of sp³-hybridized carbons (Fsp3) is 0.831. The molecule has 0 bridgehead atoms. The molecule has 0 rings (SSSR count). The lowest BCUT2D eigenvalue weighted by molar-refractivity contribution is -0.870. The Labute approximate surface area is 427 Å². The Bertz CT molecular complexity index is 1330. The predicted molar refractivity (Wildman–Crippen MR) is 293 cm³/mol. The zero-order valence-electron chi connectivity index (χ0n) is 46.0. The van der Waals surface area contributed by atoms with E-state index in [-0.39, 0.29) is 31.3 Å². The third-order valence-electron chi connectivity index (χ3n) is 12.7. The van der Waals surface area contributed by atoms with Crippen molar-refractivity contribution >= 4 is 19.7 Å². The molecule has 0 radical (unpaired) electrons. The van der Waals surface area contributed by atoms with Crippen LogP contribution >= 0.6 is 7.82 Å². The van der Waals surface area contributed by atoms with Gasteiger partial charge in [-0.3, -0.25) is 14.2 Å². The second-order valence-corrected chi connectivity index (χ2v) is 22.2. The summed E-state index contributed by atoms with van der Waals surface area (Å²) >= 11 is 0. The third-order valence-corrected chi connectivity index (χ3v) is 13.7. The number of carbonyl (C=O) groups is 2. The largest absolute Gasteiger partial charge is 0.756 e. The fourth-order valence-corrected chi connectivity index (χ4v) is 8.94. The molecule has 1 amide bonds. The van der Waals surface area contributed by atoms with Gasteiger partial charge in [-0.05, 0) is 76.7 Å². The average molecular weight is 992 g/mol. The Morgan fingerprint density at radius 2 is 0.899 bits per heavy atom. The monoisotopic (exact) mass is 991 g/mol. The van der Waals surface area contributed by atoms with Crippen molar-refractivity contribution in [1.29, 1.82) is 0 Å². The molecule has 0 aromatic carbocycles. The number of nitrogens with one attached hydrogen (secondary N) is 1. The Balaban J connectivity index is 5.42. The molecule has 0 saturated heterocycles. The second-order valence-electron chi connectivity index (χ2n) is 20.8. The Morgan fingerprint density at radius 1 is 0.507 bits per heavy atom. The van der Waals surface area contributed by atoms with Crippen LogP contribution in [-0.2, 0) is 27.9 Å². The minimum absolute atomic E-state index is 0.0319. The van der Waals surface area contributed by atoms with E-state index < -0.39 is 26.6 Å². The number of quaternary nitrogens is 1. The van der Waals surface area contributed by atoms with Gasteiger partial charge < -0.3 is 28.5 Å². The number of phosphoric acid groups is 1. The molecule has 0 aliphatic rings. The molecule has 1 N–H and O–H groups in total. The van der Waals surface area contributed by atoms with Crippen molar-refractivity contribution in [1.82, 2.24) is 5.32 Å². The lowest BCUT2D eigenvalue weighted by atomic mass is 10.0. The van der Waals surface area contributed by atoms with Crippen LogP contribution in [0.4, 0.5) is 0 Å². The Morgan fingerprint density at radius 3 is 1.35 bits per heavy atom. The number of phosphoric ester groups is 1. The normalized spacial score (nSPS) is 14.1. The maximum absolute atomic E-state index is 13.4. The number of hydrogen-bond acceptors (Lipinski definition) is 7. The zero-order valence-corrected chi connectivity index (χ0v) is 46.9. The van der Waals surface area contributed by atoms with Crippen LogP contribution in [0.3, 0.4) is 0 Å². The van der Waals surface area contributed by atoms with Crippen molar-refractivity contribution < 1.29 is 37.3 Å². The maximum Gasteiger partial charge on any atom is 0.306 e. The number of allylic oxidation sites excluding steroid dienone is 7. The van der Waals surface area contributed by atoms with E-state index >= 15 is 0 Å². The van der Waals surface area contributed by atoms with Crippen LogP contribution < -0.4 is 10.2 Å². The van der Waals surface area contributed by atoms with E-state index in [1.165, 1.54) is 161 Å². The minimum Gasteiger partial charge on any atom is -0.756 e. The van der Waals surface area contributed by atoms with Gasteiger partial charge in [0.1, 0.15) is 19.3 Å². The van der Waals surface area contributed by atoms with Gasteiger partial charge in [0.15, 0.2) is 0 Å². The lowest BCUT2D eigenvalue weighted by Gasteiger charge is -2.30. The van der Waals surface area contributed by atoms with Crippen molar-refractivity contribution in [2.75, 3.05) is 40.9 Å². The van der Waals surface area contributed by atoms with Gasteiger partial charge in [0, 0.05) is 12.8 Å². The molecule has 10 heteroatoms. The smallest absolute Gasteiger partial charge is 0.306 e. The average Bonchev–Trinajstić information content (AvgIpc) is 3.31. The van der Waals surface area contributed by atoms with Crippen molar-refractivity contribution in [2.45, 2.75) is 277 Å². The number of unbranched alkanes of at least 4 members (excludes halogenated alkanes) is 30. The molecule has 0 spiro atoms. The molecule has 9 nitrogen and oxygen atoms in total. The number of ether oxygens (including phenoxy) is 1. The Kier molecular flexibility index (Phi) is 48.1. The summed E-state index contributed by atoms with van der Waals surface area (Å²) in [5.41, 5.74) is 0. The van der Waals surface area contributed by atoms with E-state index in [9.17, 15) is 19.0 Å². The summed E-state index contributed by atoms with van der Waals surface area (Å²) in [6, 6.07) is -0.918. The van der Waals surface area contributed by atoms with E-state index in [4.69, 9.17) is 13.8 Å².